The predicted octanol–water partition coefficient (Wildman–Crippen LogP) is 0.483. The summed E-state index contributed by atoms with van der Waals surface area (Å²) >= 11 is 4.14. The Morgan fingerprint density at radius 2 is 1.88 bits per heavy atom. The monoisotopic (exact) mass is 418 g/mol. The molecule has 3 atom stereocenters. The molecule has 11 heteroatoms. The molecule has 26 heavy (non-hydrogen) atoms. The number of thioether (sulfide) groups is 3. The number of carbonyl (C=O) groups is 4. The van der Waals surface area contributed by atoms with E-state index in [4.69, 9.17) is 4.74 Å². The fourth-order valence-electron chi connectivity index (χ4n) is 3.18. The van der Waals surface area contributed by atoms with Crippen LogP contribution in [0.25, 0.3) is 0 Å². The molecule has 0 spiro atoms. The molecule has 3 rings (SSSR count). The quantitative estimate of drug-likeness (QED) is 0.221. The summed E-state index contributed by atoms with van der Waals surface area (Å²) in [7, 11) is 1.20. The lowest BCUT2D eigenvalue weighted by Gasteiger charge is -2.43. The molecule has 0 aromatic rings. The maximum absolute atomic E-state index is 12.7. The van der Waals surface area contributed by atoms with Crippen LogP contribution in [0.5, 0.6) is 0 Å². The molecule has 8 nitrogen and oxygen atoms in total. The summed E-state index contributed by atoms with van der Waals surface area (Å²) in [5.74, 6) is -1.35. The number of carboxylic acid groups (broad SMARTS) is 1. The molecule has 0 aromatic heterocycles. The molecule has 3 fully saturated rings. The van der Waals surface area contributed by atoms with E-state index < -0.39 is 46.0 Å². The normalized spacial score (nSPS) is 29.0. The fraction of sp³-hybridized carbons (Fsp3) is 0.600. The van der Waals surface area contributed by atoms with Crippen molar-refractivity contribution in [3.05, 3.63) is 9.81 Å². The lowest BCUT2D eigenvalue weighted by Crippen LogP contribution is -2.70. The Labute approximate surface area is 162 Å². The zero-order valence-corrected chi connectivity index (χ0v) is 16.8. The Kier molecular flexibility index (Phi) is 5.24. The van der Waals surface area contributed by atoms with Gasteiger partial charge in [-0.15, -0.1) is 35.3 Å². The van der Waals surface area contributed by atoms with Gasteiger partial charge in [-0.1, -0.05) is 0 Å². The van der Waals surface area contributed by atoms with E-state index in [9.17, 15) is 24.3 Å². The molecule has 3 aliphatic rings. The SMILES string of the molecule is COC(=O)C(C(=O)N[C@@H]1C(=O)N2C(C(=O)O)C(C)(C)S[C@H]12)=C1SCCS1. The average Bonchev–Trinajstić information content (AvgIpc) is 3.17. The van der Waals surface area contributed by atoms with Gasteiger partial charge in [0, 0.05) is 16.3 Å². The van der Waals surface area contributed by atoms with Gasteiger partial charge < -0.3 is 20.1 Å². The molecule has 0 aromatic carbocycles. The first-order valence-corrected chi connectivity index (χ1v) is 10.7. The lowest BCUT2D eigenvalue weighted by molar-refractivity contribution is -0.161. The van der Waals surface area contributed by atoms with Crippen molar-refractivity contribution in [1.82, 2.24) is 10.2 Å². The van der Waals surface area contributed by atoms with Crippen LogP contribution in [-0.2, 0) is 23.9 Å². The van der Waals surface area contributed by atoms with Crippen molar-refractivity contribution in [3.8, 4) is 0 Å². The van der Waals surface area contributed by atoms with Crippen LogP contribution in [0, 0.1) is 0 Å². The smallest absolute Gasteiger partial charge is 0.345 e. The minimum absolute atomic E-state index is 0.0942. The Morgan fingerprint density at radius 3 is 2.42 bits per heavy atom. The fourth-order valence-corrected chi connectivity index (χ4v) is 7.32. The molecular formula is C15H18N2O6S3. The number of hydrogen-bond donors (Lipinski definition) is 2. The van der Waals surface area contributed by atoms with E-state index in [1.807, 2.05) is 0 Å². The van der Waals surface area contributed by atoms with Gasteiger partial charge >= 0.3 is 11.9 Å². The summed E-state index contributed by atoms with van der Waals surface area (Å²) < 4.78 is 4.62. The van der Waals surface area contributed by atoms with Crippen molar-refractivity contribution in [2.75, 3.05) is 18.6 Å². The zero-order chi connectivity index (χ0) is 19.2. The molecule has 0 saturated carbocycles. The second kappa shape index (κ2) is 7.01. The van der Waals surface area contributed by atoms with Crippen molar-refractivity contribution >= 4 is 59.0 Å². The first kappa shape index (κ1) is 19.4. The second-order valence-corrected chi connectivity index (χ2v) is 10.6. The molecule has 0 radical (unpaired) electrons. The van der Waals surface area contributed by atoms with Crippen LogP contribution >= 0.6 is 35.3 Å². The van der Waals surface area contributed by atoms with Crippen molar-refractivity contribution in [2.45, 2.75) is 36.1 Å². The molecule has 2 amide bonds. The van der Waals surface area contributed by atoms with Gasteiger partial charge in [-0.3, -0.25) is 9.59 Å². The molecule has 142 valence electrons. The molecule has 3 aliphatic heterocycles. The van der Waals surface area contributed by atoms with E-state index in [-0.39, 0.29) is 5.57 Å². The molecular weight excluding hydrogens is 400 g/mol. The Bertz CT molecular complexity index is 714. The van der Waals surface area contributed by atoms with E-state index in [2.05, 4.69) is 5.32 Å². The third-order valence-corrected chi connectivity index (χ3v) is 8.62. The Hall–Kier alpha value is -1.33. The summed E-state index contributed by atoms with van der Waals surface area (Å²) in [6, 6.07) is -1.80. The largest absolute Gasteiger partial charge is 0.480 e. The summed E-state index contributed by atoms with van der Waals surface area (Å²) in [6.07, 6.45) is 0. The van der Waals surface area contributed by atoms with Crippen LogP contribution in [0.3, 0.4) is 0 Å². The van der Waals surface area contributed by atoms with Crippen LogP contribution in [0.1, 0.15) is 13.8 Å². The third kappa shape index (κ3) is 3.09. The average molecular weight is 419 g/mol. The number of ether oxygens (including phenoxy) is 1. The number of carbonyl (C=O) groups excluding carboxylic acids is 3. The van der Waals surface area contributed by atoms with Crippen LogP contribution < -0.4 is 5.32 Å². The zero-order valence-electron chi connectivity index (χ0n) is 14.3. The van der Waals surface area contributed by atoms with Gasteiger partial charge in [0.2, 0.25) is 5.91 Å². The highest BCUT2D eigenvalue weighted by Crippen LogP contribution is 2.50. The number of esters is 1. The van der Waals surface area contributed by atoms with Crippen LogP contribution in [-0.4, -0.2) is 74.6 Å². The standard InChI is InChI=1S/C15H18N2O6S3/c1-15(2)8(12(20)21)17-10(19)7(11(17)26-15)16-9(18)6(13(22)23-3)14-24-4-5-25-14/h7-8,11H,4-5H2,1-3H3,(H,16,18)(H,20,21)/t7-,8?,11-/m1/s1. The van der Waals surface area contributed by atoms with Gasteiger partial charge in [0.05, 0.1) is 11.3 Å². The highest BCUT2D eigenvalue weighted by atomic mass is 32.2. The number of nitrogens with zero attached hydrogens (tertiary/aromatic N) is 1. The minimum atomic E-state index is -1.07. The van der Waals surface area contributed by atoms with Gasteiger partial charge in [0.15, 0.2) is 0 Å². The van der Waals surface area contributed by atoms with Crippen molar-refractivity contribution in [2.24, 2.45) is 0 Å². The summed E-state index contributed by atoms with van der Waals surface area (Å²) in [5, 5.41) is 11.6. The number of fused-ring (bicyclic) bond motifs is 1. The topological polar surface area (TPSA) is 113 Å². The number of amides is 2. The van der Waals surface area contributed by atoms with E-state index in [0.717, 1.165) is 11.5 Å². The summed E-state index contributed by atoms with van der Waals surface area (Å²) in [4.78, 5) is 50.0. The second-order valence-electron chi connectivity index (χ2n) is 6.40. The Balaban J connectivity index is 1.79. The van der Waals surface area contributed by atoms with E-state index in [0.29, 0.717) is 4.24 Å². The molecule has 3 saturated heterocycles. The number of hydrogen-bond acceptors (Lipinski definition) is 8. The van der Waals surface area contributed by atoms with E-state index >= 15 is 0 Å². The van der Waals surface area contributed by atoms with Crippen LogP contribution in [0.15, 0.2) is 9.81 Å². The summed E-state index contributed by atoms with van der Waals surface area (Å²) in [6.45, 7) is 3.52. The van der Waals surface area contributed by atoms with Gasteiger partial charge in [-0.05, 0) is 13.8 Å². The minimum Gasteiger partial charge on any atom is -0.480 e. The van der Waals surface area contributed by atoms with Gasteiger partial charge in [-0.2, -0.15) is 0 Å². The molecule has 2 N–H and O–H groups in total. The van der Waals surface area contributed by atoms with Crippen molar-refractivity contribution in [1.29, 1.82) is 0 Å². The lowest BCUT2D eigenvalue weighted by atomic mass is 9.96. The van der Waals surface area contributed by atoms with Crippen molar-refractivity contribution in [3.63, 3.8) is 0 Å². The van der Waals surface area contributed by atoms with Gasteiger partial charge in [0.1, 0.15) is 23.0 Å². The third-order valence-electron chi connectivity index (χ3n) is 4.33. The number of rotatable bonds is 4. The Morgan fingerprint density at radius 1 is 1.27 bits per heavy atom. The molecule has 0 bridgehead atoms. The maximum atomic E-state index is 12.7. The summed E-state index contributed by atoms with van der Waals surface area (Å²) in [5.41, 5.74) is -0.0942. The number of carboxylic acids is 1. The first-order valence-electron chi connectivity index (χ1n) is 7.81. The molecule has 1 unspecified atom stereocenters. The van der Waals surface area contributed by atoms with Crippen LogP contribution in [0.4, 0.5) is 0 Å². The van der Waals surface area contributed by atoms with Crippen LogP contribution in [0.2, 0.25) is 0 Å². The number of methoxy groups -OCH3 is 1. The van der Waals surface area contributed by atoms with E-state index in [1.165, 1.54) is 47.3 Å². The number of nitrogens with one attached hydrogen (secondary N) is 1. The number of β-lactam (4-membered cyclic amide) rings is 1. The highest BCUT2D eigenvalue weighted by molar-refractivity contribution is 8.25. The molecule has 3 heterocycles. The molecule has 0 aliphatic carbocycles. The van der Waals surface area contributed by atoms with Gasteiger partial charge in [-0.25, -0.2) is 9.59 Å². The predicted molar refractivity (Wildman–Crippen MR) is 99.6 cm³/mol. The highest BCUT2D eigenvalue weighted by Gasteiger charge is 2.64. The van der Waals surface area contributed by atoms with Gasteiger partial charge in [0.25, 0.3) is 5.91 Å². The van der Waals surface area contributed by atoms with Crippen molar-refractivity contribution < 1.29 is 29.0 Å². The number of aliphatic carboxylic acids is 1. The maximum Gasteiger partial charge on any atom is 0.345 e. The first-order chi connectivity index (χ1) is 12.2. The van der Waals surface area contributed by atoms with E-state index in [1.54, 1.807) is 13.8 Å².